The van der Waals surface area contributed by atoms with Crippen LogP contribution in [0.3, 0.4) is 0 Å². The highest BCUT2D eigenvalue weighted by Gasteiger charge is 2.14. The van der Waals surface area contributed by atoms with Gasteiger partial charge in [-0.3, -0.25) is 14.2 Å². The Balaban J connectivity index is 1.71. The minimum absolute atomic E-state index is 0.00877. The maximum absolute atomic E-state index is 13.9. The fraction of sp³-hybridized carbons (Fsp3) is 0.133. The number of hydrogen-bond acceptors (Lipinski definition) is 3. The predicted molar refractivity (Wildman–Crippen MR) is 96.3 cm³/mol. The van der Waals surface area contributed by atoms with E-state index >= 15 is 0 Å². The molecule has 0 aliphatic rings. The lowest BCUT2D eigenvalue weighted by atomic mass is 10.2. The van der Waals surface area contributed by atoms with Gasteiger partial charge in [-0.1, -0.05) is 29.3 Å². The van der Waals surface area contributed by atoms with Crippen molar-refractivity contribution in [2.75, 3.05) is 5.32 Å². The van der Waals surface area contributed by atoms with Crippen molar-refractivity contribution in [3.63, 3.8) is 0 Å². The molecule has 3 aromatic rings. The summed E-state index contributed by atoms with van der Waals surface area (Å²) in [5.74, 6) is -0.425. The van der Waals surface area contributed by atoms with E-state index in [-0.39, 0.29) is 19.0 Å². The van der Waals surface area contributed by atoms with E-state index in [1.807, 2.05) is 0 Å². The van der Waals surface area contributed by atoms with Crippen molar-refractivity contribution in [2.45, 2.75) is 13.1 Å². The van der Waals surface area contributed by atoms with Gasteiger partial charge in [0.25, 0.3) is 0 Å². The van der Waals surface area contributed by atoms with Gasteiger partial charge in [-0.05, 0) is 28.1 Å². The average Bonchev–Trinajstić information content (AvgIpc) is 3.09. The Labute approximate surface area is 160 Å². The standard InChI is InChI=1S/C15H11BrCl2FN5O/c16-11-7-24(6-10-12(18)2-1-3-13(10)19)22-15(11)21-14(25)8-23-5-9(17)4-20-23/h1-5,7H,6,8H2,(H,21,22,25). The van der Waals surface area contributed by atoms with Crippen LogP contribution < -0.4 is 5.32 Å². The average molecular weight is 447 g/mol. The Bertz CT molecular complexity index is 906. The number of halogens is 4. The lowest BCUT2D eigenvalue weighted by Crippen LogP contribution is -2.19. The monoisotopic (exact) mass is 445 g/mol. The van der Waals surface area contributed by atoms with Gasteiger partial charge < -0.3 is 5.32 Å². The third kappa shape index (κ3) is 4.39. The highest BCUT2D eigenvalue weighted by Crippen LogP contribution is 2.24. The SMILES string of the molecule is O=C(Cn1cc(Cl)cn1)Nc1nn(Cc2c(F)cccc2Cl)cc1Br. The van der Waals surface area contributed by atoms with Crippen LogP contribution in [0.1, 0.15) is 5.56 Å². The number of anilines is 1. The number of hydrogen-bond donors (Lipinski definition) is 1. The van der Waals surface area contributed by atoms with Gasteiger partial charge in [0.05, 0.1) is 22.2 Å². The molecule has 1 amide bonds. The number of nitrogens with one attached hydrogen (secondary N) is 1. The first-order valence-electron chi connectivity index (χ1n) is 7.06. The largest absolute Gasteiger partial charge is 0.307 e. The number of benzene rings is 1. The molecule has 0 unspecified atom stereocenters. The summed E-state index contributed by atoms with van der Waals surface area (Å²) in [6, 6.07) is 4.47. The van der Waals surface area contributed by atoms with E-state index in [0.717, 1.165) is 0 Å². The summed E-state index contributed by atoms with van der Waals surface area (Å²) in [5, 5.41) is 11.6. The number of amides is 1. The van der Waals surface area contributed by atoms with Crippen LogP contribution in [0.5, 0.6) is 0 Å². The smallest absolute Gasteiger partial charge is 0.247 e. The molecule has 2 heterocycles. The molecule has 0 aliphatic heterocycles. The highest BCUT2D eigenvalue weighted by atomic mass is 79.9. The first kappa shape index (κ1) is 17.9. The molecule has 0 saturated carbocycles. The molecule has 3 rings (SSSR count). The maximum atomic E-state index is 13.9. The van der Waals surface area contributed by atoms with Crippen LogP contribution in [0.2, 0.25) is 10.0 Å². The second-order valence-corrected chi connectivity index (χ2v) is 6.83. The molecular weight excluding hydrogens is 436 g/mol. The van der Waals surface area contributed by atoms with Crippen LogP contribution in [0.25, 0.3) is 0 Å². The molecule has 1 N–H and O–H groups in total. The van der Waals surface area contributed by atoms with Crippen LogP contribution in [0.4, 0.5) is 10.2 Å². The Hall–Kier alpha value is -1.90. The first-order valence-corrected chi connectivity index (χ1v) is 8.61. The van der Waals surface area contributed by atoms with Crippen LogP contribution in [-0.4, -0.2) is 25.5 Å². The molecule has 1 aromatic carbocycles. The van der Waals surface area contributed by atoms with Crippen LogP contribution in [-0.2, 0) is 17.9 Å². The Morgan fingerprint density at radius 2 is 2.08 bits per heavy atom. The summed E-state index contributed by atoms with van der Waals surface area (Å²) in [4.78, 5) is 12.1. The Morgan fingerprint density at radius 3 is 2.76 bits per heavy atom. The number of carbonyl (C=O) groups excluding carboxylic acids is 1. The molecule has 0 radical (unpaired) electrons. The van der Waals surface area contributed by atoms with Gasteiger partial charge in [0.15, 0.2) is 5.82 Å². The fourth-order valence-corrected chi connectivity index (χ4v) is 2.95. The topological polar surface area (TPSA) is 64.7 Å². The van der Waals surface area contributed by atoms with Gasteiger partial charge in [-0.2, -0.15) is 10.2 Å². The zero-order valence-corrected chi connectivity index (χ0v) is 15.7. The summed E-state index contributed by atoms with van der Waals surface area (Å²) in [5.41, 5.74) is 0.322. The summed E-state index contributed by atoms with van der Waals surface area (Å²) in [7, 11) is 0. The lowest BCUT2D eigenvalue weighted by molar-refractivity contribution is -0.116. The van der Waals surface area contributed by atoms with Gasteiger partial charge in [-0.15, -0.1) is 0 Å². The van der Waals surface area contributed by atoms with Gasteiger partial charge in [0.1, 0.15) is 12.4 Å². The minimum Gasteiger partial charge on any atom is -0.307 e. The van der Waals surface area contributed by atoms with Crippen molar-refractivity contribution < 1.29 is 9.18 Å². The summed E-state index contributed by atoms with van der Waals surface area (Å²) in [6.45, 7) is 0.125. The first-order chi connectivity index (χ1) is 11.9. The third-order valence-corrected chi connectivity index (χ3v) is 4.39. The van der Waals surface area contributed by atoms with Crippen LogP contribution >= 0.6 is 39.1 Å². The molecule has 0 aliphatic carbocycles. The van der Waals surface area contributed by atoms with Crippen molar-refractivity contribution in [3.05, 3.63) is 62.7 Å². The summed E-state index contributed by atoms with van der Waals surface area (Å²) < 4.78 is 17.3. The second-order valence-electron chi connectivity index (χ2n) is 5.13. The quantitative estimate of drug-likeness (QED) is 0.644. The molecule has 6 nitrogen and oxygen atoms in total. The minimum atomic E-state index is -0.416. The van der Waals surface area contributed by atoms with Crippen molar-refractivity contribution in [3.8, 4) is 0 Å². The Kier molecular flexibility index (Phi) is 5.41. The third-order valence-electron chi connectivity index (χ3n) is 3.26. The number of aromatic nitrogens is 4. The molecule has 0 fully saturated rings. The second kappa shape index (κ2) is 7.55. The van der Waals surface area contributed by atoms with E-state index < -0.39 is 5.82 Å². The van der Waals surface area contributed by atoms with Crippen molar-refractivity contribution in [2.24, 2.45) is 0 Å². The van der Waals surface area contributed by atoms with Crippen molar-refractivity contribution in [1.82, 2.24) is 19.6 Å². The van der Waals surface area contributed by atoms with E-state index in [1.165, 1.54) is 33.9 Å². The zero-order valence-electron chi connectivity index (χ0n) is 12.6. The van der Waals surface area contributed by atoms with Crippen LogP contribution in [0.15, 0.2) is 41.3 Å². The molecule has 2 aromatic heterocycles. The number of nitrogens with zero attached hydrogens (tertiary/aromatic N) is 4. The van der Waals surface area contributed by atoms with Gasteiger partial charge in [0.2, 0.25) is 5.91 Å². The lowest BCUT2D eigenvalue weighted by Gasteiger charge is -2.06. The van der Waals surface area contributed by atoms with Gasteiger partial charge in [-0.25, -0.2) is 4.39 Å². The fourth-order valence-electron chi connectivity index (χ4n) is 2.15. The molecule has 0 bridgehead atoms. The maximum Gasteiger partial charge on any atom is 0.247 e. The molecule has 0 saturated heterocycles. The van der Waals surface area contributed by atoms with E-state index in [2.05, 4.69) is 31.4 Å². The van der Waals surface area contributed by atoms with E-state index in [0.29, 0.717) is 25.9 Å². The highest BCUT2D eigenvalue weighted by molar-refractivity contribution is 9.10. The molecule has 25 heavy (non-hydrogen) atoms. The zero-order chi connectivity index (χ0) is 18.0. The predicted octanol–water partition coefficient (Wildman–Crippen LogP) is 3.98. The van der Waals surface area contributed by atoms with Crippen molar-refractivity contribution >= 4 is 50.9 Å². The normalized spacial score (nSPS) is 10.9. The van der Waals surface area contributed by atoms with Crippen molar-refractivity contribution in [1.29, 1.82) is 0 Å². The van der Waals surface area contributed by atoms with E-state index in [1.54, 1.807) is 12.3 Å². The van der Waals surface area contributed by atoms with Crippen LogP contribution in [0, 0.1) is 5.82 Å². The van der Waals surface area contributed by atoms with Gasteiger partial charge in [0, 0.05) is 23.0 Å². The summed E-state index contributed by atoms with van der Waals surface area (Å²) >= 11 is 15.1. The van der Waals surface area contributed by atoms with E-state index in [4.69, 9.17) is 23.2 Å². The van der Waals surface area contributed by atoms with E-state index in [9.17, 15) is 9.18 Å². The molecule has 0 spiro atoms. The van der Waals surface area contributed by atoms with Gasteiger partial charge >= 0.3 is 0 Å². The number of carbonyl (C=O) groups is 1. The Morgan fingerprint density at radius 1 is 1.28 bits per heavy atom. The summed E-state index contributed by atoms with van der Waals surface area (Å²) in [6.07, 6.45) is 4.61. The molecule has 10 heteroatoms. The molecular formula is C15H11BrCl2FN5O. The molecule has 130 valence electrons. The molecule has 0 atom stereocenters. The number of rotatable bonds is 5.